The van der Waals surface area contributed by atoms with Crippen molar-refractivity contribution in [3.8, 4) is 0 Å². The monoisotopic (exact) mass is 522 g/mol. The van der Waals surface area contributed by atoms with Crippen LogP contribution < -0.4 is 10.6 Å². The number of aliphatic imine (C=N–C) groups is 1. The van der Waals surface area contributed by atoms with Crippen LogP contribution in [0.1, 0.15) is 51.0 Å². The van der Waals surface area contributed by atoms with Crippen molar-refractivity contribution in [3.05, 3.63) is 22.4 Å². The van der Waals surface area contributed by atoms with Crippen molar-refractivity contribution in [2.45, 2.75) is 52.2 Å². The second kappa shape index (κ2) is 13.8. The van der Waals surface area contributed by atoms with E-state index in [4.69, 9.17) is 4.74 Å². The lowest BCUT2D eigenvalue weighted by Gasteiger charge is -2.39. The Morgan fingerprint density at radius 2 is 2.18 bits per heavy atom. The molecule has 1 aliphatic heterocycles. The van der Waals surface area contributed by atoms with E-state index < -0.39 is 0 Å². The first-order valence-corrected chi connectivity index (χ1v) is 11.2. The number of rotatable bonds is 9. The van der Waals surface area contributed by atoms with Crippen LogP contribution in [0.3, 0.4) is 0 Å². The topological polar surface area (TPSA) is 48.9 Å². The minimum Gasteiger partial charge on any atom is -0.378 e. The zero-order chi connectivity index (χ0) is 19.6. The number of nitrogens with zero attached hydrogens (tertiary/aromatic N) is 2. The summed E-state index contributed by atoms with van der Waals surface area (Å²) in [6.07, 6.45) is 3.82. The third kappa shape index (κ3) is 7.80. The van der Waals surface area contributed by atoms with Gasteiger partial charge in [-0.25, -0.2) is 0 Å². The average Bonchev–Trinajstić information content (AvgIpc) is 3.17. The first-order valence-electron chi connectivity index (χ1n) is 10.4. The highest BCUT2D eigenvalue weighted by Gasteiger charge is 2.31. The van der Waals surface area contributed by atoms with Crippen LogP contribution in [0.5, 0.6) is 0 Å². The van der Waals surface area contributed by atoms with Gasteiger partial charge in [-0.1, -0.05) is 19.9 Å². The van der Waals surface area contributed by atoms with E-state index in [9.17, 15) is 0 Å². The van der Waals surface area contributed by atoms with Crippen LogP contribution in [0.2, 0.25) is 0 Å². The fraction of sp³-hybridized carbons (Fsp3) is 0.762. The molecule has 5 nitrogen and oxygen atoms in total. The zero-order valence-corrected chi connectivity index (χ0v) is 21.3. The molecule has 2 heterocycles. The Balaban J connectivity index is 0.00000392. The predicted molar refractivity (Wildman–Crippen MR) is 132 cm³/mol. The number of piperidine rings is 1. The molecule has 0 aromatic carbocycles. The van der Waals surface area contributed by atoms with Gasteiger partial charge in [-0.15, -0.1) is 35.3 Å². The van der Waals surface area contributed by atoms with Crippen molar-refractivity contribution < 1.29 is 4.74 Å². The molecule has 1 saturated heterocycles. The Hall–Kier alpha value is -0.380. The minimum atomic E-state index is 0. The maximum atomic E-state index is 5.84. The molecule has 2 N–H and O–H groups in total. The van der Waals surface area contributed by atoms with Gasteiger partial charge in [0.25, 0.3) is 0 Å². The molecule has 28 heavy (non-hydrogen) atoms. The number of nitrogens with one attached hydrogen (secondary N) is 2. The summed E-state index contributed by atoms with van der Waals surface area (Å²) in [7, 11) is 4.10. The number of thiophene rings is 1. The standard InChI is InChI=1S/C21H38N4OS.HI/c1-6-26-18(16(2)3)11-12-23-21(22-4)24-15-17-9-7-13-25(5)20(17)19-10-8-14-27-19;/h8,10,14,16-18,20H,6-7,9,11-13,15H2,1-5H3,(H2,22,23,24);1H. The highest BCUT2D eigenvalue weighted by Crippen LogP contribution is 2.36. The van der Waals surface area contributed by atoms with E-state index in [1.165, 1.54) is 24.3 Å². The molecule has 1 aromatic rings. The van der Waals surface area contributed by atoms with Crippen molar-refractivity contribution in [2.75, 3.05) is 40.3 Å². The molecule has 2 rings (SSSR count). The van der Waals surface area contributed by atoms with Crippen molar-refractivity contribution >= 4 is 41.3 Å². The van der Waals surface area contributed by atoms with E-state index in [2.05, 4.69) is 65.9 Å². The molecule has 0 aliphatic carbocycles. The van der Waals surface area contributed by atoms with Crippen LogP contribution in [-0.2, 0) is 4.74 Å². The number of hydrogen-bond donors (Lipinski definition) is 2. The molecule has 7 heteroatoms. The molecule has 0 spiro atoms. The Labute approximate surface area is 192 Å². The lowest BCUT2D eigenvalue weighted by Crippen LogP contribution is -2.45. The Kier molecular flexibility index (Phi) is 12.6. The van der Waals surface area contributed by atoms with Gasteiger partial charge < -0.3 is 15.4 Å². The van der Waals surface area contributed by atoms with Crippen LogP contribution >= 0.6 is 35.3 Å². The summed E-state index contributed by atoms with van der Waals surface area (Å²) in [4.78, 5) is 8.39. The number of likely N-dealkylation sites (tertiary alicyclic amines) is 1. The highest BCUT2D eigenvalue weighted by molar-refractivity contribution is 14.0. The zero-order valence-electron chi connectivity index (χ0n) is 18.1. The Bertz CT molecular complexity index is 553. The SMILES string of the molecule is CCOC(CCNC(=NC)NCC1CCCN(C)C1c1cccs1)C(C)C.I. The lowest BCUT2D eigenvalue weighted by atomic mass is 9.88. The van der Waals surface area contributed by atoms with Gasteiger partial charge in [-0.3, -0.25) is 9.89 Å². The van der Waals surface area contributed by atoms with Gasteiger partial charge in [0.15, 0.2) is 5.96 Å². The lowest BCUT2D eigenvalue weighted by molar-refractivity contribution is 0.0258. The molecule has 0 saturated carbocycles. The van der Waals surface area contributed by atoms with Crippen LogP contribution in [0.15, 0.2) is 22.5 Å². The van der Waals surface area contributed by atoms with Crippen LogP contribution in [0.25, 0.3) is 0 Å². The first kappa shape index (κ1) is 25.7. The molecule has 1 aliphatic rings. The van der Waals surface area contributed by atoms with Crippen LogP contribution in [-0.4, -0.2) is 57.3 Å². The largest absolute Gasteiger partial charge is 0.378 e. The third-order valence-electron chi connectivity index (χ3n) is 5.44. The molecule has 0 radical (unpaired) electrons. The van der Waals surface area contributed by atoms with Gasteiger partial charge in [0.2, 0.25) is 0 Å². The molecule has 3 unspecified atom stereocenters. The average molecular weight is 523 g/mol. The fourth-order valence-corrected chi connectivity index (χ4v) is 4.97. The fourth-order valence-electron chi connectivity index (χ4n) is 3.99. The van der Waals surface area contributed by atoms with Crippen molar-refractivity contribution in [3.63, 3.8) is 0 Å². The summed E-state index contributed by atoms with van der Waals surface area (Å²) in [5, 5.41) is 9.21. The second-order valence-corrected chi connectivity index (χ2v) is 8.73. The molecule has 0 bridgehead atoms. The summed E-state index contributed by atoms with van der Waals surface area (Å²) in [6.45, 7) is 10.3. The minimum absolute atomic E-state index is 0. The van der Waals surface area contributed by atoms with E-state index in [0.29, 0.717) is 24.0 Å². The molecule has 1 fully saturated rings. The van der Waals surface area contributed by atoms with E-state index in [1.54, 1.807) is 0 Å². The van der Waals surface area contributed by atoms with Crippen molar-refractivity contribution in [1.82, 2.24) is 15.5 Å². The maximum Gasteiger partial charge on any atom is 0.190 e. The maximum absolute atomic E-state index is 5.84. The van der Waals surface area contributed by atoms with Gasteiger partial charge in [-0.05, 0) is 63.1 Å². The second-order valence-electron chi connectivity index (χ2n) is 7.75. The van der Waals surface area contributed by atoms with Crippen LogP contribution in [0, 0.1) is 11.8 Å². The van der Waals surface area contributed by atoms with E-state index in [0.717, 1.165) is 32.1 Å². The van der Waals surface area contributed by atoms with Gasteiger partial charge >= 0.3 is 0 Å². The predicted octanol–water partition coefficient (Wildman–Crippen LogP) is 4.37. The van der Waals surface area contributed by atoms with E-state index in [-0.39, 0.29) is 24.0 Å². The number of ether oxygens (including phenoxy) is 1. The quantitative estimate of drug-likeness (QED) is 0.288. The summed E-state index contributed by atoms with van der Waals surface area (Å²) < 4.78 is 5.84. The van der Waals surface area contributed by atoms with E-state index in [1.807, 2.05) is 18.4 Å². The number of guanidine groups is 1. The first-order chi connectivity index (χ1) is 13.1. The normalized spacial score (nSPS) is 22.0. The molecular formula is C21H39IN4OS. The summed E-state index contributed by atoms with van der Waals surface area (Å²) >= 11 is 1.87. The van der Waals surface area contributed by atoms with Gasteiger partial charge in [0.1, 0.15) is 0 Å². The Morgan fingerprint density at radius 3 is 2.79 bits per heavy atom. The summed E-state index contributed by atoms with van der Waals surface area (Å²) in [6, 6.07) is 4.95. The highest BCUT2D eigenvalue weighted by atomic mass is 127. The van der Waals surface area contributed by atoms with Gasteiger partial charge in [0, 0.05) is 37.7 Å². The van der Waals surface area contributed by atoms with E-state index >= 15 is 0 Å². The summed E-state index contributed by atoms with van der Waals surface area (Å²) in [5.41, 5.74) is 0. The molecule has 1 aromatic heterocycles. The van der Waals surface area contributed by atoms with Crippen molar-refractivity contribution in [1.29, 1.82) is 0 Å². The third-order valence-corrected chi connectivity index (χ3v) is 6.39. The smallest absolute Gasteiger partial charge is 0.190 e. The molecule has 3 atom stereocenters. The summed E-state index contributed by atoms with van der Waals surface area (Å²) in [5.74, 6) is 2.03. The molecular weight excluding hydrogens is 483 g/mol. The molecule has 162 valence electrons. The number of halogens is 1. The Morgan fingerprint density at radius 1 is 1.39 bits per heavy atom. The van der Waals surface area contributed by atoms with Gasteiger partial charge in [-0.2, -0.15) is 0 Å². The van der Waals surface area contributed by atoms with Gasteiger partial charge in [0.05, 0.1) is 6.10 Å². The number of hydrogen-bond acceptors (Lipinski definition) is 4. The van der Waals surface area contributed by atoms with Crippen molar-refractivity contribution in [2.24, 2.45) is 16.8 Å². The molecule has 0 amide bonds. The van der Waals surface area contributed by atoms with Crippen LogP contribution in [0.4, 0.5) is 0 Å².